The van der Waals surface area contributed by atoms with E-state index in [1.165, 1.54) is 5.69 Å². The second-order valence-electron chi connectivity index (χ2n) is 5.97. The molecule has 0 radical (unpaired) electrons. The molecule has 1 amide bonds. The third kappa shape index (κ3) is 4.07. The molecule has 0 fully saturated rings. The Morgan fingerprint density at radius 2 is 1.88 bits per heavy atom. The lowest BCUT2D eigenvalue weighted by molar-refractivity contribution is 0.102. The van der Waals surface area contributed by atoms with Gasteiger partial charge in [-0.2, -0.15) is 5.10 Å². The number of para-hydroxylation sites is 2. The van der Waals surface area contributed by atoms with E-state index in [1.807, 2.05) is 47.3 Å². The Kier molecular flexibility index (Phi) is 5.14. The van der Waals surface area contributed by atoms with E-state index in [0.29, 0.717) is 23.5 Å². The fourth-order valence-corrected chi connectivity index (χ4v) is 2.71. The summed E-state index contributed by atoms with van der Waals surface area (Å²) in [5.41, 5.74) is 9.97. The minimum absolute atomic E-state index is 0.171. The molecule has 0 saturated carbocycles. The van der Waals surface area contributed by atoms with Crippen LogP contribution in [0.1, 0.15) is 35.0 Å². The number of rotatable bonds is 6. The number of carbonyl (C=O) groups is 1. The number of benzene rings is 2. The van der Waals surface area contributed by atoms with Crippen LogP contribution in [0, 0.1) is 0 Å². The van der Waals surface area contributed by atoms with Crippen LogP contribution in [-0.2, 0) is 13.0 Å². The number of amides is 1. The second kappa shape index (κ2) is 7.66. The number of anilines is 2. The van der Waals surface area contributed by atoms with Crippen LogP contribution in [-0.4, -0.2) is 15.7 Å². The van der Waals surface area contributed by atoms with Crippen molar-refractivity contribution in [2.75, 3.05) is 11.1 Å². The predicted octanol–water partition coefficient (Wildman–Crippen LogP) is 3.72. The van der Waals surface area contributed by atoms with Gasteiger partial charge in [-0.1, -0.05) is 37.6 Å². The summed E-state index contributed by atoms with van der Waals surface area (Å²) in [7, 11) is 0. The monoisotopic (exact) mass is 334 g/mol. The smallest absolute Gasteiger partial charge is 0.255 e. The quantitative estimate of drug-likeness (QED) is 0.675. The molecule has 0 bridgehead atoms. The summed E-state index contributed by atoms with van der Waals surface area (Å²) in [5, 5.41) is 7.21. The first-order valence-corrected chi connectivity index (χ1v) is 8.43. The third-order valence-electron chi connectivity index (χ3n) is 4.07. The molecule has 0 aliphatic rings. The molecule has 1 heterocycles. The van der Waals surface area contributed by atoms with Crippen LogP contribution >= 0.6 is 0 Å². The van der Waals surface area contributed by atoms with Crippen molar-refractivity contribution in [3.63, 3.8) is 0 Å². The van der Waals surface area contributed by atoms with Crippen LogP contribution in [0.15, 0.2) is 60.8 Å². The number of nitrogens with one attached hydrogen (secondary N) is 1. The van der Waals surface area contributed by atoms with Crippen molar-refractivity contribution in [1.29, 1.82) is 0 Å². The number of aryl methyl sites for hydroxylation is 1. The van der Waals surface area contributed by atoms with Crippen molar-refractivity contribution in [2.45, 2.75) is 26.3 Å². The zero-order valence-corrected chi connectivity index (χ0v) is 14.3. The zero-order chi connectivity index (χ0) is 17.6. The fraction of sp³-hybridized carbons (Fsp3) is 0.200. The number of nitrogens with zero attached hydrogens (tertiary/aromatic N) is 2. The van der Waals surface area contributed by atoms with E-state index in [2.05, 4.69) is 23.4 Å². The highest BCUT2D eigenvalue weighted by atomic mass is 16.1. The van der Waals surface area contributed by atoms with Crippen LogP contribution in [0.4, 0.5) is 11.4 Å². The summed E-state index contributed by atoms with van der Waals surface area (Å²) >= 11 is 0. The highest BCUT2D eigenvalue weighted by molar-refractivity contribution is 6.05. The van der Waals surface area contributed by atoms with E-state index in [1.54, 1.807) is 12.1 Å². The van der Waals surface area contributed by atoms with Crippen molar-refractivity contribution in [3.05, 3.63) is 77.6 Å². The van der Waals surface area contributed by atoms with Crippen molar-refractivity contribution < 1.29 is 4.79 Å². The molecule has 0 atom stereocenters. The number of aromatic nitrogens is 2. The van der Waals surface area contributed by atoms with E-state index in [0.717, 1.165) is 18.4 Å². The van der Waals surface area contributed by atoms with Gasteiger partial charge in [0, 0.05) is 17.5 Å². The summed E-state index contributed by atoms with van der Waals surface area (Å²) in [5.74, 6) is -0.171. The van der Waals surface area contributed by atoms with Crippen molar-refractivity contribution in [3.8, 4) is 0 Å². The van der Waals surface area contributed by atoms with Gasteiger partial charge in [0.1, 0.15) is 0 Å². The normalized spacial score (nSPS) is 10.6. The van der Waals surface area contributed by atoms with Gasteiger partial charge in [0.2, 0.25) is 0 Å². The Balaban J connectivity index is 1.68. The van der Waals surface area contributed by atoms with Crippen molar-refractivity contribution in [2.24, 2.45) is 0 Å². The maximum absolute atomic E-state index is 12.3. The van der Waals surface area contributed by atoms with Gasteiger partial charge in [0.25, 0.3) is 5.91 Å². The van der Waals surface area contributed by atoms with Crippen LogP contribution < -0.4 is 11.1 Å². The molecule has 25 heavy (non-hydrogen) atoms. The molecule has 5 heteroatoms. The molecule has 2 aromatic carbocycles. The van der Waals surface area contributed by atoms with Gasteiger partial charge in [-0.3, -0.25) is 9.48 Å². The summed E-state index contributed by atoms with van der Waals surface area (Å²) in [6.07, 6.45) is 3.93. The lowest BCUT2D eigenvalue weighted by atomic mass is 10.1. The van der Waals surface area contributed by atoms with Gasteiger partial charge in [0.15, 0.2) is 0 Å². The van der Waals surface area contributed by atoms with Gasteiger partial charge >= 0.3 is 0 Å². The topological polar surface area (TPSA) is 72.9 Å². The molecule has 0 unspecified atom stereocenters. The molecule has 3 rings (SSSR count). The van der Waals surface area contributed by atoms with Gasteiger partial charge in [-0.25, -0.2) is 0 Å². The van der Waals surface area contributed by atoms with Crippen LogP contribution in [0.5, 0.6) is 0 Å². The van der Waals surface area contributed by atoms with E-state index in [-0.39, 0.29) is 5.91 Å². The van der Waals surface area contributed by atoms with E-state index in [4.69, 9.17) is 5.73 Å². The highest BCUT2D eigenvalue weighted by Crippen LogP contribution is 2.18. The molecular formula is C20H22N4O. The van der Waals surface area contributed by atoms with E-state index < -0.39 is 0 Å². The van der Waals surface area contributed by atoms with E-state index >= 15 is 0 Å². The van der Waals surface area contributed by atoms with Crippen LogP contribution in [0.25, 0.3) is 0 Å². The standard InChI is InChI=1S/C20H22N4O/c1-2-5-17-12-13-22-24(17)14-15-8-10-16(11-9-15)20(25)23-19-7-4-3-6-18(19)21/h3-4,6-13H,2,5,14,21H2,1H3,(H,23,25). The number of nitrogen functional groups attached to an aromatic ring is 1. The van der Waals surface area contributed by atoms with Crippen molar-refractivity contribution in [1.82, 2.24) is 9.78 Å². The lowest BCUT2D eigenvalue weighted by Crippen LogP contribution is -2.13. The first kappa shape index (κ1) is 16.8. The average Bonchev–Trinajstić information content (AvgIpc) is 3.05. The fourth-order valence-electron chi connectivity index (χ4n) is 2.71. The maximum atomic E-state index is 12.3. The molecule has 0 aliphatic heterocycles. The lowest BCUT2D eigenvalue weighted by Gasteiger charge is -2.09. The van der Waals surface area contributed by atoms with Gasteiger partial charge in [0.05, 0.1) is 17.9 Å². The highest BCUT2D eigenvalue weighted by Gasteiger charge is 2.08. The van der Waals surface area contributed by atoms with Gasteiger partial charge in [-0.05, 0) is 42.3 Å². The maximum Gasteiger partial charge on any atom is 0.255 e. The minimum Gasteiger partial charge on any atom is -0.397 e. The molecule has 1 aromatic heterocycles. The van der Waals surface area contributed by atoms with Crippen molar-refractivity contribution >= 4 is 17.3 Å². The Bertz CT molecular complexity index is 852. The zero-order valence-electron chi connectivity index (χ0n) is 14.3. The third-order valence-corrected chi connectivity index (χ3v) is 4.07. The first-order chi connectivity index (χ1) is 12.2. The Labute approximate surface area is 147 Å². The Morgan fingerprint density at radius 3 is 2.60 bits per heavy atom. The summed E-state index contributed by atoms with van der Waals surface area (Å²) in [4.78, 5) is 12.3. The Morgan fingerprint density at radius 1 is 1.12 bits per heavy atom. The van der Waals surface area contributed by atoms with Gasteiger partial charge in [-0.15, -0.1) is 0 Å². The molecular weight excluding hydrogens is 312 g/mol. The second-order valence-corrected chi connectivity index (χ2v) is 5.97. The minimum atomic E-state index is -0.171. The number of hydrogen-bond acceptors (Lipinski definition) is 3. The SMILES string of the molecule is CCCc1ccnn1Cc1ccc(C(=O)Nc2ccccc2N)cc1. The molecule has 0 aliphatic carbocycles. The predicted molar refractivity (Wildman–Crippen MR) is 101 cm³/mol. The molecule has 5 nitrogen and oxygen atoms in total. The van der Waals surface area contributed by atoms with Gasteiger partial charge < -0.3 is 11.1 Å². The number of nitrogens with two attached hydrogens (primary N) is 1. The number of hydrogen-bond donors (Lipinski definition) is 2. The average molecular weight is 334 g/mol. The molecule has 0 spiro atoms. The number of carbonyl (C=O) groups excluding carboxylic acids is 1. The molecule has 3 aromatic rings. The summed E-state index contributed by atoms with van der Waals surface area (Å²) < 4.78 is 2.00. The molecule has 3 N–H and O–H groups in total. The summed E-state index contributed by atoms with van der Waals surface area (Å²) in [6, 6.07) is 16.8. The molecule has 0 saturated heterocycles. The largest absolute Gasteiger partial charge is 0.397 e. The first-order valence-electron chi connectivity index (χ1n) is 8.43. The summed E-state index contributed by atoms with van der Waals surface area (Å²) in [6.45, 7) is 2.86. The van der Waals surface area contributed by atoms with Crippen LogP contribution in [0.2, 0.25) is 0 Å². The van der Waals surface area contributed by atoms with E-state index in [9.17, 15) is 4.79 Å². The Hall–Kier alpha value is -3.08. The molecule has 128 valence electrons. The van der Waals surface area contributed by atoms with Crippen LogP contribution in [0.3, 0.4) is 0 Å².